The van der Waals surface area contributed by atoms with Crippen molar-refractivity contribution in [3.8, 4) is 5.75 Å². The van der Waals surface area contributed by atoms with E-state index in [2.05, 4.69) is 96.4 Å². The maximum atomic E-state index is 5.67. The minimum absolute atomic E-state index is 0.455. The van der Waals surface area contributed by atoms with Gasteiger partial charge in [-0.1, -0.05) is 42.5 Å². The Bertz CT molecular complexity index is 1280. The van der Waals surface area contributed by atoms with Crippen molar-refractivity contribution in [2.75, 3.05) is 31.4 Å². The Labute approximate surface area is 202 Å². The van der Waals surface area contributed by atoms with Gasteiger partial charge < -0.3 is 20.3 Å². The van der Waals surface area contributed by atoms with Crippen molar-refractivity contribution in [2.45, 2.75) is 44.3 Å². The Balaban J connectivity index is 1.20. The van der Waals surface area contributed by atoms with E-state index in [9.17, 15) is 0 Å². The molecule has 176 valence electrons. The van der Waals surface area contributed by atoms with E-state index in [-0.39, 0.29) is 0 Å². The number of anilines is 2. The quantitative estimate of drug-likeness (QED) is 0.360. The molecule has 1 saturated carbocycles. The van der Waals surface area contributed by atoms with Crippen LogP contribution in [-0.4, -0.2) is 38.3 Å². The van der Waals surface area contributed by atoms with Crippen molar-refractivity contribution < 1.29 is 4.74 Å². The number of benzene rings is 3. The summed E-state index contributed by atoms with van der Waals surface area (Å²) < 4.78 is 5.67. The molecule has 1 aliphatic rings. The molecule has 5 nitrogen and oxygen atoms in total. The zero-order valence-corrected chi connectivity index (χ0v) is 20.3. The normalized spacial score (nSPS) is 18.2. The summed E-state index contributed by atoms with van der Waals surface area (Å²) in [6.07, 6.45) is 4.58. The third-order valence-electron chi connectivity index (χ3n) is 6.99. The Morgan fingerprint density at radius 2 is 1.56 bits per heavy atom. The Hall–Kier alpha value is -3.31. The monoisotopic (exact) mass is 454 g/mol. The predicted molar refractivity (Wildman–Crippen MR) is 143 cm³/mol. The molecule has 1 aliphatic carbocycles. The number of fused-ring (bicyclic) bond motifs is 2. The number of hydrogen-bond acceptors (Lipinski definition) is 5. The first kappa shape index (κ1) is 22.5. The fourth-order valence-electron chi connectivity index (χ4n) is 5.10. The third kappa shape index (κ3) is 4.80. The second-order valence-corrected chi connectivity index (χ2v) is 9.52. The second-order valence-electron chi connectivity index (χ2n) is 9.52. The van der Waals surface area contributed by atoms with Gasteiger partial charge in [0.1, 0.15) is 11.6 Å². The highest BCUT2D eigenvalue weighted by molar-refractivity contribution is 5.93. The number of aromatic nitrogens is 1. The van der Waals surface area contributed by atoms with E-state index in [1.165, 1.54) is 27.4 Å². The van der Waals surface area contributed by atoms with Gasteiger partial charge in [-0.25, -0.2) is 4.98 Å². The summed E-state index contributed by atoms with van der Waals surface area (Å²) in [6, 6.07) is 24.4. The molecule has 0 saturated heterocycles. The average molecular weight is 455 g/mol. The molecule has 0 amide bonds. The zero-order valence-electron chi connectivity index (χ0n) is 20.3. The van der Waals surface area contributed by atoms with Crippen molar-refractivity contribution in [1.29, 1.82) is 0 Å². The lowest BCUT2D eigenvalue weighted by Gasteiger charge is -2.30. The summed E-state index contributed by atoms with van der Waals surface area (Å²) in [5.41, 5.74) is 3.46. The summed E-state index contributed by atoms with van der Waals surface area (Å²) in [5.74, 6) is 1.93. The number of nitrogens with zero attached hydrogens (tertiary/aromatic N) is 2. The molecule has 0 unspecified atom stereocenters. The van der Waals surface area contributed by atoms with Crippen LogP contribution in [0.5, 0.6) is 5.75 Å². The summed E-state index contributed by atoms with van der Waals surface area (Å²) in [6.45, 7) is 0.829. The van der Waals surface area contributed by atoms with Crippen LogP contribution < -0.4 is 20.3 Å². The molecule has 1 heterocycles. The molecule has 4 aromatic rings. The topological polar surface area (TPSA) is 49.4 Å². The first-order valence-electron chi connectivity index (χ1n) is 12.2. The molecule has 5 rings (SSSR count). The number of pyridine rings is 1. The lowest BCUT2D eigenvalue weighted by atomic mass is 9.91. The number of methoxy groups -OCH3 is 1. The van der Waals surface area contributed by atoms with Gasteiger partial charge in [-0.2, -0.15) is 0 Å². The molecule has 0 bridgehead atoms. The lowest BCUT2D eigenvalue weighted by Crippen LogP contribution is -2.36. The molecule has 2 N–H and O–H groups in total. The molecule has 0 spiro atoms. The van der Waals surface area contributed by atoms with Gasteiger partial charge in [0.15, 0.2) is 0 Å². The molecule has 0 radical (unpaired) electrons. The van der Waals surface area contributed by atoms with Gasteiger partial charge in [-0.3, -0.25) is 0 Å². The first-order valence-corrected chi connectivity index (χ1v) is 12.2. The van der Waals surface area contributed by atoms with Crippen molar-refractivity contribution in [3.05, 3.63) is 72.3 Å². The van der Waals surface area contributed by atoms with Gasteiger partial charge in [-0.15, -0.1) is 0 Å². The van der Waals surface area contributed by atoms with Crippen LogP contribution in [0.1, 0.15) is 31.2 Å². The minimum atomic E-state index is 0.455. The van der Waals surface area contributed by atoms with Crippen molar-refractivity contribution in [1.82, 2.24) is 10.3 Å². The van der Waals surface area contributed by atoms with Crippen LogP contribution in [0, 0.1) is 0 Å². The molecule has 5 heteroatoms. The van der Waals surface area contributed by atoms with Crippen LogP contribution in [0.2, 0.25) is 0 Å². The summed E-state index contributed by atoms with van der Waals surface area (Å²) in [7, 11) is 5.94. The van der Waals surface area contributed by atoms with Crippen molar-refractivity contribution >= 4 is 33.2 Å². The van der Waals surface area contributed by atoms with Crippen LogP contribution in [0.15, 0.2) is 66.7 Å². The zero-order chi connectivity index (χ0) is 23.5. The van der Waals surface area contributed by atoms with E-state index in [0.717, 1.165) is 49.3 Å². The van der Waals surface area contributed by atoms with E-state index in [1.807, 2.05) is 0 Å². The van der Waals surface area contributed by atoms with Gasteiger partial charge in [0.05, 0.1) is 12.6 Å². The number of ether oxygens (including phenoxy) is 1. The first-order chi connectivity index (χ1) is 16.6. The fourth-order valence-corrected chi connectivity index (χ4v) is 5.10. The number of para-hydroxylation sites is 1. The highest BCUT2D eigenvalue weighted by atomic mass is 16.5. The number of rotatable bonds is 7. The highest BCUT2D eigenvalue weighted by Gasteiger charge is 2.22. The van der Waals surface area contributed by atoms with Crippen molar-refractivity contribution in [3.63, 3.8) is 0 Å². The van der Waals surface area contributed by atoms with Gasteiger partial charge in [0.2, 0.25) is 0 Å². The lowest BCUT2D eigenvalue weighted by molar-refractivity contribution is 0.348. The van der Waals surface area contributed by atoms with Crippen LogP contribution in [-0.2, 0) is 6.54 Å². The molecule has 3 aromatic carbocycles. The van der Waals surface area contributed by atoms with Crippen molar-refractivity contribution in [2.24, 2.45) is 0 Å². The maximum absolute atomic E-state index is 5.67. The largest absolute Gasteiger partial charge is 0.496 e. The van der Waals surface area contributed by atoms with E-state index < -0.39 is 0 Å². The van der Waals surface area contributed by atoms with Crippen LogP contribution >= 0.6 is 0 Å². The Morgan fingerprint density at radius 1 is 0.882 bits per heavy atom. The van der Waals surface area contributed by atoms with Crippen LogP contribution in [0.3, 0.4) is 0 Å². The van der Waals surface area contributed by atoms with Crippen LogP contribution in [0.4, 0.5) is 11.5 Å². The highest BCUT2D eigenvalue weighted by Crippen LogP contribution is 2.30. The third-order valence-corrected chi connectivity index (χ3v) is 6.99. The van der Waals surface area contributed by atoms with E-state index in [0.29, 0.717) is 12.1 Å². The van der Waals surface area contributed by atoms with E-state index in [1.54, 1.807) is 7.11 Å². The summed E-state index contributed by atoms with van der Waals surface area (Å²) >= 11 is 0. The minimum Gasteiger partial charge on any atom is -0.496 e. The standard InChI is InChI=1S/C29H34N4O/c1-33(2)27-18-29(32-26-11-7-6-10-25(26)27)31-24-14-12-23(13-15-24)30-19-22-16-20-8-4-5-9-21(20)17-28(22)34-3/h4-11,16-18,23-24,30H,12-15,19H2,1-3H3,(H,31,32). The Kier molecular flexibility index (Phi) is 6.54. The van der Waals surface area contributed by atoms with Gasteiger partial charge in [0, 0.05) is 55.4 Å². The Morgan fingerprint density at radius 3 is 2.29 bits per heavy atom. The predicted octanol–water partition coefficient (Wildman–Crippen LogP) is 5.98. The fraction of sp³-hybridized carbons (Fsp3) is 0.345. The number of hydrogen-bond donors (Lipinski definition) is 2. The maximum Gasteiger partial charge on any atom is 0.128 e. The SMILES string of the molecule is COc1cc2ccccc2cc1CNC1CCC(Nc2cc(N(C)C)c3ccccc3n2)CC1. The second kappa shape index (κ2) is 9.90. The molecular formula is C29H34N4O. The number of nitrogens with one attached hydrogen (secondary N) is 2. The van der Waals surface area contributed by atoms with Gasteiger partial charge in [0.25, 0.3) is 0 Å². The molecule has 1 aromatic heterocycles. The molecule has 0 atom stereocenters. The molecule has 34 heavy (non-hydrogen) atoms. The van der Waals surface area contributed by atoms with E-state index in [4.69, 9.17) is 9.72 Å². The summed E-state index contributed by atoms with van der Waals surface area (Å²) in [5, 5.41) is 11.2. The van der Waals surface area contributed by atoms with Gasteiger partial charge >= 0.3 is 0 Å². The molecule has 1 fully saturated rings. The summed E-state index contributed by atoms with van der Waals surface area (Å²) in [4.78, 5) is 7.05. The van der Waals surface area contributed by atoms with Gasteiger partial charge in [-0.05, 0) is 54.7 Å². The van der Waals surface area contributed by atoms with Crippen LogP contribution in [0.25, 0.3) is 21.7 Å². The average Bonchev–Trinajstić information content (AvgIpc) is 2.87. The smallest absolute Gasteiger partial charge is 0.128 e. The van der Waals surface area contributed by atoms with E-state index >= 15 is 0 Å². The molecular weight excluding hydrogens is 420 g/mol. The molecule has 0 aliphatic heterocycles.